The third kappa shape index (κ3) is 4.28. The molecule has 0 heterocycles. The first kappa shape index (κ1) is 13.9. The highest BCUT2D eigenvalue weighted by Crippen LogP contribution is 2.02. The van der Waals surface area contributed by atoms with E-state index >= 15 is 0 Å². The summed E-state index contributed by atoms with van der Waals surface area (Å²) in [6, 6.07) is 19.3. The van der Waals surface area contributed by atoms with Gasteiger partial charge in [0.15, 0.2) is 0 Å². The Morgan fingerprint density at radius 3 is 2.20 bits per heavy atom. The van der Waals surface area contributed by atoms with Crippen molar-refractivity contribution in [3.63, 3.8) is 0 Å². The molecule has 2 rings (SSSR count). The minimum Gasteiger partial charge on any atom is -0.303 e. The molecule has 0 spiro atoms. The molecule has 0 atom stereocenters. The first-order chi connectivity index (χ1) is 9.75. The summed E-state index contributed by atoms with van der Waals surface area (Å²) in [7, 11) is 0. The van der Waals surface area contributed by atoms with Crippen molar-refractivity contribution in [2.24, 2.45) is 0 Å². The van der Waals surface area contributed by atoms with Crippen LogP contribution in [0.15, 0.2) is 72.4 Å². The molecule has 0 aromatic heterocycles. The summed E-state index contributed by atoms with van der Waals surface area (Å²) in [6.45, 7) is 1.92. The van der Waals surface area contributed by atoms with Crippen molar-refractivity contribution in [3.8, 4) is 0 Å². The molecule has 0 unspecified atom stereocenters. The normalized spacial score (nSPS) is 10.9. The molecule has 0 aliphatic rings. The van der Waals surface area contributed by atoms with Crippen molar-refractivity contribution in [2.45, 2.75) is 13.3 Å². The summed E-state index contributed by atoms with van der Waals surface area (Å²) >= 11 is 0. The molecule has 0 radical (unpaired) electrons. The predicted molar refractivity (Wildman–Crippen MR) is 80.9 cm³/mol. The van der Waals surface area contributed by atoms with E-state index in [1.807, 2.05) is 49.4 Å². The zero-order valence-electron chi connectivity index (χ0n) is 11.5. The highest BCUT2D eigenvalue weighted by atomic mass is 16.2. The van der Waals surface area contributed by atoms with E-state index in [1.165, 1.54) is 5.56 Å². The fraction of sp³-hybridized carbons (Fsp3) is 0.118. The molecule has 0 aliphatic carbocycles. The van der Waals surface area contributed by atoms with Crippen LogP contribution in [0.3, 0.4) is 0 Å². The van der Waals surface area contributed by atoms with Gasteiger partial charge in [0.05, 0.1) is 0 Å². The van der Waals surface area contributed by atoms with Gasteiger partial charge in [0.25, 0.3) is 5.91 Å². The van der Waals surface area contributed by atoms with E-state index in [4.69, 9.17) is 0 Å². The molecule has 2 N–H and O–H groups in total. The van der Waals surface area contributed by atoms with E-state index in [0.29, 0.717) is 5.56 Å². The number of rotatable bonds is 5. The summed E-state index contributed by atoms with van der Waals surface area (Å²) in [5.41, 5.74) is 8.38. The maximum absolute atomic E-state index is 11.8. The Bertz CT molecular complexity index is 576. The lowest BCUT2D eigenvalue weighted by Crippen LogP contribution is -2.36. The second kappa shape index (κ2) is 7.14. The number of hydrogen-bond donors (Lipinski definition) is 2. The van der Waals surface area contributed by atoms with Crippen molar-refractivity contribution in [3.05, 3.63) is 83.6 Å². The fourth-order valence-corrected chi connectivity index (χ4v) is 1.75. The molecule has 3 nitrogen and oxygen atoms in total. The number of hydrogen-bond acceptors (Lipinski definition) is 2. The quantitative estimate of drug-likeness (QED) is 0.817. The van der Waals surface area contributed by atoms with Gasteiger partial charge in [-0.2, -0.15) is 0 Å². The van der Waals surface area contributed by atoms with Crippen molar-refractivity contribution >= 4 is 5.91 Å². The van der Waals surface area contributed by atoms with Crippen molar-refractivity contribution in [1.29, 1.82) is 0 Å². The molecule has 0 fully saturated rings. The molecule has 1 amide bonds. The van der Waals surface area contributed by atoms with Crippen LogP contribution in [-0.2, 0) is 6.42 Å². The smallest absolute Gasteiger partial charge is 0.269 e. The standard InChI is InChI=1S/C17H18N2O/c1-14(12-13-15-8-4-2-5-9-15)18-19-17(20)16-10-6-3-7-11-16/h2-12,18H,13H2,1H3,(H,19,20)/b14-12-. The van der Waals surface area contributed by atoms with Gasteiger partial charge in [-0.05, 0) is 31.0 Å². The van der Waals surface area contributed by atoms with E-state index in [2.05, 4.69) is 23.0 Å². The van der Waals surface area contributed by atoms with Crippen LogP contribution in [0.4, 0.5) is 0 Å². The first-order valence-corrected chi connectivity index (χ1v) is 6.58. The molecule has 0 saturated heterocycles. The molecule has 20 heavy (non-hydrogen) atoms. The largest absolute Gasteiger partial charge is 0.303 e. The molecule has 0 aliphatic heterocycles. The molecule has 3 heteroatoms. The summed E-state index contributed by atoms with van der Waals surface area (Å²) in [5.74, 6) is -0.141. The first-order valence-electron chi connectivity index (χ1n) is 6.58. The minimum atomic E-state index is -0.141. The van der Waals surface area contributed by atoms with Gasteiger partial charge < -0.3 is 5.43 Å². The molecule has 2 aromatic rings. The number of nitrogens with one attached hydrogen (secondary N) is 2. The predicted octanol–water partition coefficient (Wildman–Crippen LogP) is 3.07. The SMILES string of the molecule is C/C(=C/Cc1ccccc1)NNC(=O)c1ccccc1. The molecule has 102 valence electrons. The maximum atomic E-state index is 11.8. The second-order valence-electron chi connectivity index (χ2n) is 4.52. The van der Waals surface area contributed by atoms with E-state index in [1.54, 1.807) is 12.1 Å². The number of allylic oxidation sites excluding steroid dienone is 2. The zero-order valence-corrected chi connectivity index (χ0v) is 11.5. The van der Waals surface area contributed by atoms with Crippen LogP contribution in [0.25, 0.3) is 0 Å². The molecular weight excluding hydrogens is 248 g/mol. The Labute approximate surface area is 119 Å². The van der Waals surface area contributed by atoms with Crippen LogP contribution < -0.4 is 10.9 Å². The summed E-state index contributed by atoms with van der Waals surface area (Å²) in [5, 5.41) is 0. The van der Waals surface area contributed by atoms with Crippen molar-refractivity contribution < 1.29 is 4.79 Å². The summed E-state index contributed by atoms with van der Waals surface area (Å²) < 4.78 is 0. The third-order valence-corrected chi connectivity index (χ3v) is 2.90. The molecule has 2 aromatic carbocycles. The van der Waals surface area contributed by atoms with Crippen LogP contribution in [0, 0.1) is 0 Å². The average molecular weight is 266 g/mol. The summed E-state index contributed by atoms with van der Waals surface area (Å²) in [6.07, 6.45) is 2.88. The maximum Gasteiger partial charge on any atom is 0.269 e. The van der Waals surface area contributed by atoms with E-state index in [9.17, 15) is 4.79 Å². The van der Waals surface area contributed by atoms with Gasteiger partial charge in [-0.25, -0.2) is 0 Å². The Balaban J connectivity index is 1.83. The Morgan fingerprint density at radius 1 is 0.950 bits per heavy atom. The van der Waals surface area contributed by atoms with Gasteiger partial charge in [0.1, 0.15) is 0 Å². The van der Waals surface area contributed by atoms with Gasteiger partial charge in [-0.1, -0.05) is 54.6 Å². The number of benzene rings is 2. The number of carbonyl (C=O) groups is 1. The van der Waals surface area contributed by atoms with Gasteiger partial charge in [-0.3, -0.25) is 10.2 Å². The lowest BCUT2D eigenvalue weighted by molar-refractivity contribution is 0.0939. The Hall–Kier alpha value is -2.55. The summed E-state index contributed by atoms with van der Waals surface area (Å²) in [4.78, 5) is 11.8. The fourth-order valence-electron chi connectivity index (χ4n) is 1.75. The van der Waals surface area contributed by atoms with Gasteiger partial charge in [0.2, 0.25) is 0 Å². The van der Waals surface area contributed by atoms with Gasteiger partial charge in [0, 0.05) is 11.3 Å². The minimum absolute atomic E-state index is 0.141. The van der Waals surface area contributed by atoms with Crippen molar-refractivity contribution in [2.75, 3.05) is 0 Å². The van der Waals surface area contributed by atoms with Crippen molar-refractivity contribution in [1.82, 2.24) is 10.9 Å². The van der Waals surface area contributed by atoms with E-state index < -0.39 is 0 Å². The van der Waals surface area contributed by atoms with E-state index in [-0.39, 0.29) is 5.91 Å². The van der Waals surface area contributed by atoms with Gasteiger partial charge >= 0.3 is 0 Å². The Kier molecular flexibility index (Phi) is 4.95. The third-order valence-electron chi connectivity index (χ3n) is 2.90. The van der Waals surface area contributed by atoms with Crippen LogP contribution in [0.1, 0.15) is 22.8 Å². The van der Waals surface area contributed by atoms with Crippen LogP contribution in [0.2, 0.25) is 0 Å². The molecule has 0 bridgehead atoms. The number of hydrazine groups is 1. The lowest BCUT2D eigenvalue weighted by atomic mass is 10.1. The topological polar surface area (TPSA) is 41.1 Å². The van der Waals surface area contributed by atoms with Crippen LogP contribution in [-0.4, -0.2) is 5.91 Å². The lowest BCUT2D eigenvalue weighted by Gasteiger charge is -2.08. The number of amides is 1. The number of carbonyl (C=O) groups excluding carboxylic acids is 1. The zero-order chi connectivity index (χ0) is 14.2. The molecule has 0 saturated carbocycles. The monoisotopic (exact) mass is 266 g/mol. The highest BCUT2D eigenvalue weighted by Gasteiger charge is 2.02. The van der Waals surface area contributed by atoms with Crippen LogP contribution >= 0.6 is 0 Å². The van der Waals surface area contributed by atoms with E-state index in [0.717, 1.165) is 12.1 Å². The molecular formula is C17H18N2O. The second-order valence-corrected chi connectivity index (χ2v) is 4.52. The highest BCUT2D eigenvalue weighted by molar-refractivity contribution is 5.93. The van der Waals surface area contributed by atoms with Gasteiger partial charge in [-0.15, -0.1) is 0 Å². The van der Waals surface area contributed by atoms with Crippen LogP contribution in [0.5, 0.6) is 0 Å². The Morgan fingerprint density at radius 2 is 1.55 bits per heavy atom. The average Bonchev–Trinajstić information content (AvgIpc) is 2.52.